The standard InChI is InChI=1S/C28H40N4O3/c1-28(2,3)35-27(33)32-19-24(29)17-25(32)20-34-26-11-9-23(10-12-26)22-7-5-21(6-8-22)18-31-15-13-30(4)14-16-31/h5-12,24-25H,13-20,29H2,1-4H3/t24-,25-/m0/s1. The molecule has 2 aromatic rings. The fraction of sp³-hybridized carbons (Fsp3) is 0.536. The van der Waals surface area contributed by atoms with Crippen LogP contribution in [0, 0.1) is 0 Å². The van der Waals surface area contributed by atoms with Crippen molar-refractivity contribution in [3.63, 3.8) is 0 Å². The van der Waals surface area contributed by atoms with Gasteiger partial charge in [0.05, 0.1) is 6.04 Å². The number of carbonyl (C=O) groups excluding carboxylic acids is 1. The van der Waals surface area contributed by atoms with E-state index in [1.807, 2.05) is 32.9 Å². The number of piperazine rings is 1. The van der Waals surface area contributed by atoms with Gasteiger partial charge in [-0.05, 0) is 63.1 Å². The average molecular weight is 481 g/mol. The monoisotopic (exact) mass is 480 g/mol. The topological polar surface area (TPSA) is 71.3 Å². The number of likely N-dealkylation sites (N-methyl/N-ethyl adjacent to an activating group) is 1. The Kier molecular flexibility index (Phi) is 7.99. The normalized spacial score (nSPS) is 21.8. The summed E-state index contributed by atoms with van der Waals surface area (Å²) in [4.78, 5) is 19.2. The largest absolute Gasteiger partial charge is 0.491 e. The number of nitrogens with two attached hydrogens (primary N) is 1. The second kappa shape index (κ2) is 11.0. The molecule has 0 radical (unpaired) electrons. The summed E-state index contributed by atoms with van der Waals surface area (Å²) in [7, 11) is 2.19. The molecule has 0 bridgehead atoms. The molecule has 0 aliphatic carbocycles. The first-order chi connectivity index (χ1) is 16.7. The fourth-order valence-corrected chi connectivity index (χ4v) is 4.66. The maximum absolute atomic E-state index is 12.6. The van der Waals surface area contributed by atoms with E-state index in [1.165, 1.54) is 11.1 Å². The first-order valence-corrected chi connectivity index (χ1v) is 12.6. The van der Waals surface area contributed by atoms with Gasteiger partial charge in [-0.2, -0.15) is 0 Å². The number of ether oxygens (including phenoxy) is 2. The Morgan fingerprint density at radius 2 is 1.57 bits per heavy atom. The molecule has 35 heavy (non-hydrogen) atoms. The van der Waals surface area contributed by atoms with Crippen molar-refractivity contribution in [3.05, 3.63) is 54.1 Å². The van der Waals surface area contributed by atoms with Crippen molar-refractivity contribution < 1.29 is 14.3 Å². The van der Waals surface area contributed by atoms with E-state index in [0.717, 1.165) is 44.0 Å². The van der Waals surface area contributed by atoms with Gasteiger partial charge in [0, 0.05) is 45.3 Å². The number of hydrogen-bond donors (Lipinski definition) is 1. The van der Waals surface area contributed by atoms with Crippen LogP contribution in [0.1, 0.15) is 32.8 Å². The Bertz CT molecular complexity index is 963. The maximum Gasteiger partial charge on any atom is 0.410 e. The second-order valence-corrected chi connectivity index (χ2v) is 10.9. The Morgan fingerprint density at radius 1 is 0.971 bits per heavy atom. The number of benzene rings is 2. The van der Waals surface area contributed by atoms with Crippen LogP contribution in [0.25, 0.3) is 11.1 Å². The Hall–Kier alpha value is -2.61. The minimum Gasteiger partial charge on any atom is -0.491 e. The molecule has 7 heteroatoms. The van der Waals surface area contributed by atoms with E-state index in [4.69, 9.17) is 15.2 Å². The Labute approximate surface area is 209 Å². The van der Waals surface area contributed by atoms with Crippen LogP contribution < -0.4 is 10.5 Å². The smallest absolute Gasteiger partial charge is 0.410 e. The van der Waals surface area contributed by atoms with Crippen molar-refractivity contribution in [2.45, 2.75) is 51.4 Å². The number of amides is 1. The van der Waals surface area contributed by atoms with E-state index >= 15 is 0 Å². The molecule has 2 fully saturated rings. The fourth-order valence-electron chi connectivity index (χ4n) is 4.66. The van der Waals surface area contributed by atoms with Crippen molar-refractivity contribution >= 4 is 6.09 Å². The van der Waals surface area contributed by atoms with Gasteiger partial charge in [-0.3, -0.25) is 4.90 Å². The Morgan fingerprint density at radius 3 is 2.17 bits per heavy atom. The molecule has 2 atom stereocenters. The lowest BCUT2D eigenvalue weighted by atomic mass is 10.0. The SMILES string of the molecule is CN1CCN(Cc2ccc(-c3ccc(OC[C@@H]4C[C@H](N)CN4C(=O)OC(C)(C)C)cc3)cc2)CC1. The van der Waals surface area contributed by atoms with Gasteiger partial charge < -0.3 is 25.0 Å². The molecular weight excluding hydrogens is 440 g/mol. The molecule has 190 valence electrons. The predicted octanol–water partition coefficient (Wildman–Crippen LogP) is 3.82. The number of hydrogen-bond acceptors (Lipinski definition) is 6. The molecular formula is C28H40N4O3. The lowest BCUT2D eigenvalue weighted by molar-refractivity contribution is 0.0186. The predicted molar refractivity (Wildman–Crippen MR) is 139 cm³/mol. The summed E-state index contributed by atoms with van der Waals surface area (Å²) in [5.41, 5.74) is 9.29. The molecule has 2 aliphatic rings. The molecule has 2 aromatic carbocycles. The summed E-state index contributed by atoms with van der Waals surface area (Å²) in [5.74, 6) is 0.782. The van der Waals surface area contributed by atoms with Crippen LogP contribution >= 0.6 is 0 Å². The van der Waals surface area contributed by atoms with Gasteiger partial charge in [0.15, 0.2) is 0 Å². The van der Waals surface area contributed by atoms with E-state index in [2.05, 4.69) is 53.2 Å². The molecule has 1 amide bonds. The first-order valence-electron chi connectivity index (χ1n) is 12.6. The van der Waals surface area contributed by atoms with E-state index < -0.39 is 5.60 Å². The molecule has 2 saturated heterocycles. The van der Waals surface area contributed by atoms with Crippen LogP contribution in [-0.2, 0) is 11.3 Å². The molecule has 2 N–H and O–H groups in total. The molecule has 4 rings (SSSR count). The van der Waals surface area contributed by atoms with Gasteiger partial charge >= 0.3 is 6.09 Å². The van der Waals surface area contributed by atoms with Crippen molar-refractivity contribution in [3.8, 4) is 16.9 Å². The molecule has 0 saturated carbocycles. The molecule has 0 aromatic heterocycles. The van der Waals surface area contributed by atoms with Crippen molar-refractivity contribution in [2.75, 3.05) is 46.4 Å². The molecule has 0 unspecified atom stereocenters. The van der Waals surface area contributed by atoms with Gasteiger partial charge in [-0.15, -0.1) is 0 Å². The van der Waals surface area contributed by atoms with Crippen LogP contribution in [0.4, 0.5) is 4.79 Å². The zero-order valence-corrected chi connectivity index (χ0v) is 21.6. The molecule has 2 heterocycles. The third-order valence-electron chi connectivity index (χ3n) is 6.66. The number of carbonyl (C=O) groups is 1. The van der Waals surface area contributed by atoms with E-state index in [1.54, 1.807) is 4.90 Å². The molecule has 0 spiro atoms. The van der Waals surface area contributed by atoms with Gasteiger partial charge in [-0.25, -0.2) is 4.79 Å². The highest BCUT2D eigenvalue weighted by Crippen LogP contribution is 2.25. The van der Waals surface area contributed by atoms with E-state index in [0.29, 0.717) is 19.6 Å². The Balaban J connectivity index is 1.30. The average Bonchev–Trinajstić information content (AvgIpc) is 3.20. The third kappa shape index (κ3) is 7.19. The zero-order chi connectivity index (χ0) is 25.0. The highest BCUT2D eigenvalue weighted by Gasteiger charge is 2.36. The van der Waals surface area contributed by atoms with Crippen LogP contribution in [0.15, 0.2) is 48.5 Å². The zero-order valence-electron chi connectivity index (χ0n) is 21.6. The van der Waals surface area contributed by atoms with Crippen molar-refractivity contribution in [1.29, 1.82) is 0 Å². The third-order valence-corrected chi connectivity index (χ3v) is 6.66. The van der Waals surface area contributed by atoms with Crippen LogP contribution in [-0.4, -0.2) is 84.9 Å². The van der Waals surface area contributed by atoms with E-state index in [9.17, 15) is 4.79 Å². The summed E-state index contributed by atoms with van der Waals surface area (Å²) < 4.78 is 11.6. The summed E-state index contributed by atoms with van der Waals surface area (Å²) >= 11 is 0. The number of likely N-dealkylation sites (tertiary alicyclic amines) is 1. The lowest BCUT2D eigenvalue weighted by Gasteiger charge is -2.32. The van der Waals surface area contributed by atoms with Crippen LogP contribution in [0.2, 0.25) is 0 Å². The molecule has 7 nitrogen and oxygen atoms in total. The summed E-state index contributed by atoms with van der Waals surface area (Å²) in [5, 5.41) is 0. The summed E-state index contributed by atoms with van der Waals surface area (Å²) in [6.45, 7) is 12.0. The van der Waals surface area contributed by atoms with Crippen molar-refractivity contribution in [2.24, 2.45) is 5.73 Å². The van der Waals surface area contributed by atoms with Gasteiger partial charge in [-0.1, -0.05) is 36.4 Å². The van der Waals surface area contributed by atoms with Crippen molar-refractivity contribution in [1.82, 2.24) is 14.7 Å². The number of rotatable bonds is 6. The maximum atomic E-state index is 12.6. The minimum absolute atomic E-state index is 0.0577. The minimum atomic E-state index is -0.534. The van der Waals surface area contributed by atoms with Crippen LogP contribution in [0.5, 0.6) is 5.75 Å². The van der Waals surface area contributed by atoms with Gasteiger partial charge in [0.25, 0.3) is 0 Å². The number of nitrogens with zero attached hydrogens (tertiary/aromatic N) is 3. The summed E-state index contributed by atoms with van der Waals surface area (Å²) in [6.07, 6.45) is 0.378. The highest BCUT2D eigenvalue weighted by atomic mass is 16.6. The first kappa shape index (κ1) is 25.5. The molecule has 2 aliphatic heterocycles. The highest BCUT2D eigenvalue weighted by molar-refractivity contribution is 5.69. The second-order valence-electron chi connectivity index (χ2n) is 10.9. The van der Waals surface area contributed by atoms with Crippen LogP contribution in [0.3, 0.4) is 0 Å². The summed E-state index contributed by atoms with van der Waals surface area (Å²) in [6, 6.07) is 16.8. The lowest BCUT2D eigenvalue weighted by Crippen LogP contribution is -2.43. The van der Waals surface area contributed by atoms with Gasteiger partial charge in [0.1, 0.15) is 18.0 Å². The quantitative estimate of drug-likeness (QED) is 0.678. The van der Waals surface area contributed by atoms with E-state index in [-0.39, 0.29) is 18.2 Å². The van der Waals surface area contributed by atoms with Gasteiger partial charge in [0.2, 0.25) is 0 Å².